The van der Waals surface area contributed by atoms with Gasteiger partial charge in [0.1, 0.15) is 5.82 Å². The van der Waals surface area contributed by atoms with E-state index in [0.717, 1.165) is 12.8 Å². The number of benzene rings is 1. The van der Waals surface area contributed by atoms with Crippen molar-refractivity contribution in [3.8, 4) is 0 Å². The minimum atomic E-state index is -0.910. The molecule has 18 heavy (non-hydrogen) atoms. The Balaban J connectivity index is 2.35. The summed E-state index contributed by atoms with van der Waals surface area (Å²) in [7, 11) is 0. The largest absolute Gasteiger partial charge is 0.385 e. The molecule has 1 atom stereocenters. The molecule has 0 amide bonds. The lowest BCUT2D eigenvalue weighted by molar-refractivity contribution is 0.0445. The fourth-order valence-electron chi connectivity index (χ4n) is 2.22. The maximum Gasteiger partial charge on any atom is 0.123 e. The van der Waals surface area contributed by atoms with Gasteiger partial charge in [-0.1, -0.05) is 57.6 Å². The molecular weight excluding hydrogens is 227 g/mol. The standard InChI is InChI=1S/C16H25FO/c1-3-4-5-6-7-8-12-16(2,18)14-10-9-11-15(17)13-14/h9-11,13,18H,3-8,12H2,1-2H3. The summed E-state index contributed by atoms with van der Waals surface area (Å²) < 4.78 is 13.1. The number of hydrogen-bond donors (Lipinski definition) is 1. The van der Waals surface area contributed by atoms with Gasteiger partial charge in [0.2, 0.25) is 0 Å². The topological polar surface area (TPSA) is 20.2 Å². The van der Waals surface area contributed by atoms with Crippen LogP contribution in [0.25, 0.3) is 0 Å². The lowest BCUT2D eigenvalue weighted by atomic mass is 9.90. The Morgan fingerprint density at radius 1 is 1.11 bits per heavy atom. The summed E-state index contributed by atoms with van der Waals surface area (Å²) in [5, 5.41) is 10.3. The molecule has 1 N–H and O–H groups in total. The van der Waals surface area contributed by atoms with Crippen LogP contribution in [0.5, 0.6) is 0 Å². The predicted molar refractivity (Wildman–Crippen MR) is 74.0 cm³/mol. The summed E-state index contributed by atoms with van der Waals surface area (Å²) in [6.07, 6.45) is 7.88. The summed E-state index contributed by atoms with van der Waals surface area (Å²) in [6.45, 7) is 3.97. The van der Waals surface area contributed by atoms with Crippen LogP contribution in [0.15, 0.2) is 24.3 Å². The third kappa shape index (κ3) is 5.18. The summed E-state index contributed by atoms with van der Waals surface area (Å²) >= 11 is 0. The first-order valence-corrected chi connectivity index (χ1v) is 7.04. The quantitative estimate of drug-likeness (QED) is 0.660. The van der Waals surface area contributed by atoms with Crippen LogP contribution >= 0.6 is 0 Å². The van der Waals surface area contributed by atoms with Gasteiger partial charge in [0, 0.05) is 0 Å². The number of hydrogen-bond acceptors (Lipinski definition) is 1. The van der Waals surface area contributed by atoms with Gasteiger partial charge >= 0.3 is 0 Å². The Kier molecular flexibility index (Phi) is 6.34. The van der Waals surface area contributed by atoms with Crippen molar-refractivity contribution in [1.29, 1.82) is 0 Å². The van der Waals surface area contributed by atoms with E-state index in [0.29, 0.717) is 12.0 Å². The molecule has 102 valence electrons. The van der Waals surface area contributed by atoms with Gasteiger partial charge in [0.15, 0.2) is 0 Å². The highest BCUT2D eigenvalue weighted by Crippen LogP contribution is 2.27. The monoisotopic (exact) mass is 252 g/mol. The van der Waals surface area contributed by atoms with Crippen molar-refractivity contribution in [2.45, 2.75) is 64.4 Å². The molecule has 0 saturated carbocycles. The van der Waals surface area contributed by atoms with Gasteiger partial charge in [-0.05, 0) is 31.0 Å². The van der Waals surface area contributed by atoms with Gasteiger partial charge in [-0.3, -0.25) is 0 Å². The molecule has 0 aliphatic rings. The van der Waals surface area contributed by atoms with E-state index in [-0.39, 0.29) is 5.82 Å². The third-order valence-corrected chi connectivity index (χ3v) is 3.46. The van der Waals surface area contributed by atoms with Crippen LogP contribution in [-0.2, 0) is 5.60 Å². The first kappa shape index (κ1) is 15.2. The Labute approximate surface area is 110 Å². The van der Waals surface area contributed by atoms with Crippen molar-refractivity contribution in [2.75, 3.05) is 0 Å². The fraction of sp³-hybridized carbons (Fsp3) is 0.625. The Morgan fingerprint density at radius 2 is 1.78 bits per heavy atom. The molecule has 1 nitrogen and oxygen atoms in total. The van der Waals surface area contributed by atoms with E-state index in [9.17, 15) is 9.50 Å². The molecule has 0 heterocycles. The van der Waals surface area contributed by atoms with Gasteiger partial charge in [-0.25, -0.2) is 4.39 Å². The van der Waals surface area contributed by atoms with Gasteiger partial charge < -0.3 is 5.11 Å². The normalized spacial score (nSPS) is 14.4. The van der Waals surface area contributed by atoms with E-state index in [2.05, 4.69) is 6.92 Å². The molecule has 0 bridgehead atoms. The average molecular weight is 252 g/mol. The SMILES string of the molecule is CCCCCCCCC(C)(O)c1cccc(F)c1. The molecule has 0 fully saturated rings. The van der Waals surface area contributed by atoms with Crippen molar-refractivity contribution in [2.24, 2.45) is 0 Å². The molecule has 0 saturated heterocycles. The van der Waals surface area contributed by atoms with Crippen molar-refractivity contribution in [3.63, 3.8) is 0 Å². The van der Waals surface area contributed by atoms with E-state index in [4.69, 9.17) is 0 Å². The minimum Gasteiger partial charge on any atom is -0.385 e. The zero-order chi connectivity index (χ0) is 13.4. The van der Waals surface area contributed by atoms with Crippen molar-refractivity contribution >= 4 is 0 Å². The summed E-state index contributed by atoms with van der Waals surface area (Å²) in [5.74, 6) is -0.282. The summed E-state index contributed by atoms with van der Waals surface area (Å²) in [6, 6.07) is 6.28. The number of halogens is 1. The Hall–Kier alpha value is -0.890. The highest BCUT2D eigenvalue weighted by Gasteiger charge is 2.22. The predicted octanol–water partition coefficient (Wildman–Crippen LogP) is 4.78. The van der Waals surface area contributed by atoms with Gasteiger partial charge in [-0.15, -0.1) is 0 Å². The Morgan fingerprint density at radius 3 is 2.44 bits per heavy atom. The maximum atomic E-state index is 13.1. The average Bonchev–Trinajstić information content (AvgIpc) is 2.33. The molecule has 1 rings (SSSR count). The summed E-state index contributed by atoms with van der Waals surface area (Å²) in [5.41, 5.74) is -0.233. The molecule has 1 aromatic rings. The van der Waals surface area contributed by atoms with E-state index >= 15 is 0 Å². The molecule has 0 spiro atoms. The van der Waals surface area contributed by atoms with Crippen LogP contribution in [-0.4, -0.2) is 5.11 Å². The van der Waals surface area contributed by atoms with Gasteiger partial charge in [-0.2, -0.15) is 0 Å². The second-order valence-corrected chi connectivity index (χ2v) is 5.30. The molecule has 0 aliphatic heterocycles. The highest BCUT2D eigenvalue weighted by atomic mass is 19.1. The Bertz CT molecular complexity index is 347. The second kappa shape index (κ2) is 7.52. The van der Waals surface area contributed by atoms with Crippen LogP contribution in [0.2, 0.25) is 0 Å². The van der Waals surface area contributed by atoms with E-state index in [1.165, 1.54) is 37.8 Å². The molecule has 1 aromatic carbocycles. The van der Waals surface area contributed by atoms with E-state index in [1.807, 2.05) is 0 Å². The fourth-order valence-corrected chi connectivity index (χ4v) is 2.22. The number of aliphatic hydroxyl groups is 1. The van der Waals surface area contributed by atoms with Crippen molar-refractivity contribution in [3.05, 3.63) is 35.6 Å². The molecule has 0 aliphatic carbocycles. The third-order valence-electron chi connectivity index (χ3n) is 3.46. The number of rotatable bonds is 8. The van der Waals surface area contributed by atoms with Gasteiger partial charge in [0.05, 0.1) is 5.60 Å². The molecule has 0 aromatic heterocycles. The van der Waals surface area contributed by atoms with E-state index < -0.39 is 5.60 Å². The molecule has 1 unspecified atom stereocenters. The minimum absolute atomic E-state index is 0.282. The highest BCUT2D eigenvalue weighted by molar-refractivity contribution is 5.22. The zero-order valence-electron chi connectivity index (χ0n) is 11.6. The van der Waals surface area contributed by atoms with Crippen molar-refractivity contribution < 1.29 is 9.50 Å². The van der Waals surface area contributed by atoms with Crippen LogP contribution in [0.1, 0.15) is 64.4 Å². The first-order chi connectivity index (χ1) is 8.56. The maximum absolute atomic E-state index is 13.1. The lowest BCUT2D eigenvalue weighted by Crippen LogP contribution is -2.21. The first-order valence-electron chi connectivity index (χ1n) is 7.04. The van der Waals surface area contributed by atoms with Gasteiger partial charge in [0.25, 0.3) is 0 Å². The molecule has 2 heteroatoms. The molecule has 0 radical (unpaired) electrons. The second-order valence-electron chi connectivity index (χ2n) is 5.30. The smallest absolute Gasteiger partial charge is 0.123 e. The van der Waals surface area contributed by atoms with Crippen LogP contribution < -0.4 is 0 Å². The van der Waals surface area contributed by atoms with Crippen LogP contribution in [0, 0.1) is 5.82 Å². The zero-order valence-corrected chi connectivity index (χ0v) is 11.6. The van der Waals surface area contributed by atoms with Crippen molar-refractivity contribution in [1.82, 2.24) is 0 Å². The lowest BCUT2D eigenvalue weighted by Gasteiger charge is -2.23. The summed E-state index contributed by atoms with van der Waals surface area (Å²) in [4.78, 5) is 0. The number of unbranched alkanes of at least 4 members (excludes halogenated alkanes) is 5. The van der Waals surface area contributed by atoms with Crippen LogP contribution in [0.4, 0.5) is 4.39 Å². The van der Waals surface area contributed by atoms with Crippen LogP contribution in [0.3, 0.4) is 0 Å². The molecular formula is C16H25FO. The van der Waals surface area contributed by atoms with E-state index in [1.54, 1.807) is 19.1 Å².